The van der Waals surface area contributed by atoms with E-state index in [9.17, 15) is 0 Å². The lowest BCUT2D eigenvalue weighted by molar-refractivity contribution is 0.195. The van der Waals surface area contributed by atoms with Crippen LogP contribution < -0.4 is 5.32 Å². The van der Waals surface area contributed by atoms with Gasteiger partial charge in [0, 0.05) is 42.4 Å². The van der Waals surface area contributed by atoms with E-state index in [1.54, 1.807) is 0 Å². The summed E-state index contributed by atoms with van der Waals surface area (Å²) in [5, 5.41) is 4.74. The van der Waals surface area contributed by atoms with Crippen LogP contribution in [0.15, 0.2) is 36.5 Å². The summed E-state index contributed by atoms with van der Waals surface area (Å²) in [6.07, 6.45) is 1.91. The number of pyridine rings is 1. The van der Waals surface area contributed by atoms with Gasteiger partial charge >= 0.3 is 0 Å². The van der Waals surface area contributed by atoms with Gasteiger partial charge in [-0.3, -0.25) is 9.88 Å². The molecule has 0 aliphatic carbocycles. The molecule has 0 amide bonds. The third kappa shape index (κ3) is 3.44. The molecule has 0 bridgehead atoms. The van der Waals surface area contributed by atoms with Crippen LogP contribution in [0.25, 0.3) is 0 Å². The Bertz CT molecular complexity index is 637. The van der Waals surface area contributed by atoms with Gasteiger partial charge in [-0.15, -0.1) is 0 Å². The summed E-state index contributed by atoms with van der Waals surface area (Å²) >= 11 is 12.5. The number of aromatic nitrogens is 1. The highest BCUT2D eigenvalue weighted by atomic mass is 35.5. The van der Waals surface area contributed by atoms with Crippen LogP contribution in [0.4, 0.5) is 0 Å². The summed E-state index contributed by atoms with van der Waals surface area (Å²) in [6.45, 7) is 5.95. The van der Waals surface area contributed by atoms with Crippen molar-refractivity contribution in [3.8, 4) is 0 Å². The van der Waals surface area contributed by atoms with Crippen LogP contribution in [-0.2, 0) is 0 Å². The van der Waals surface area contributed by atoms with E-state index in [-0.39, 0.29) is 6.04 Å². The zero-order valence-electron chi connectivity index (χ0n) is 12.5. The van der Waals surface area contributed by atoms with E-state index >= 15 is 0 Å². The Morgan fingerprint density at radius 2 is 1.91 bits per heavy atom. The molecule has 3 rings (SSSR count). The second kappa shape index (κ2) is 6.97. The second-order valence-corrected chi connectivity index (χ2v) is 6.46. The molecule has 116 valence electrons. The van der Waals surface area contributed by atoms with E-state index in [2.05, 4.69) is 27.3 Å². The van der Waals surface area contributed by atoms with Crippen molar-refractivity contribution in [2.24, 2.45) is 0 Å². The van der Waals surface area contributed by atoms with Gasteiger partial charge in [0.05, 0.1) is 11.7 Å². The van der Waals surface area contributed by atoms with E-state index < -0.39 is 0 Å². The Balaban J connectivity index is 2.03. The van der Waals surface area contributed by atoms with Crippen LogP contribution in [0.3, 0.4) is 0 Å². The van der Waals surface area contributed by atoms with Crippen molar-refractivity contribution in [3.63, 3.8) is 0 Å². The van der Waals surface area contributed by atoms with Gasteiger partial charge in [0.25, 0.3) is 0 Å². The average molecular weight is 336 g/mol. The molecule has 1 aliphatic heterocycles. The average Bonchev–Trinajstić information content (AvgIpc) is 2.52. The fourth-order valence-corrected chi connectivity index (χ4v) is 3.36. The number of benzene rings is 1. The zero-order chi connectivity index (χ0) is 15.5. The van der Waals surface area contributed by atoms with Crippen molar-refractivity contribution < 1.29 is 0 Å². The van der Waals surface area contributed by atoms with Gasteiger partial charge in [0.2, 0.25) is 0 Å². The predicted octanol–water partition coefficient (Wildman–Crippen LogP) is 3.69. The summed E-state index contributed by atoms with van der Waals surface area (Å²) in [5.74, 6) is 0. The first-order chi connectivity index (χ1) is 10.6. The first-order valence-corrected chi connectivity index (χ1v) is 8.23. The van der Waals surface area contributed by atoms with E-state index in [0.717, 1.165) is 43.0 Å². The van der Waals surface area contributed by atoms with Gasteiger partial charge in [-0.25, -0.2) is 0 Å². The van der Waals surface area contributed by atoms with E-state index in [1.165, 1.54) is 0 Å². The molecule has 3 nitrogen and oxygen atoms in total. The third-order valence-electron chi connectivity index (χ3n) is 3.99. The number of rotatable bonds is 3. The van der Waals surface area contributed by atoms with E-state index in [1.807, 2.05) is 31.3 Å². The van der Waals surface area contributed by atoms with Crippen molar-refractivity contribution in [2.45, 2.75) is 13.0 Å². The number of hydrogen-bond donors (Lipinski definition) is 1. The van der Waals surface area contributed by atoms with Gasteiger partial charge < -0.3 is 5.32 Å². The molecular formula is C17H19Cl2N3. The predicted molar refractivity (Wildman–Crippen MR) is 91.7 cm³/mol. The zero-order valence-corrected chi connectivity index (χ0v) is 14.0. The summed E-state index contributed by atoms with van der Waals surface area (Å²) in [6, 6.07) is 9.97. The Hall–Kier alpha value is -1.13. The van der Waals surface area contributed by atoms with Crippen LogP contribution in [-0.4, -0.2) is 36.1 Å². The Labute approximate surface area is 141 Å². The maximum absolute atomic E-state index is 6.47. The molecule has 22 heavy (non-hydrogen) atoms. The first kappa shape index (κ1) is 15.8. The number of piperazine rings is 1. The quantitative estimate of drug-likeness (QED) is 0.927. The lowest BCUT2D eigenvalue weighted by atomic mass is 10.00. The van der Waals surface area contributed by atoms with Gasteiger partial charge in [-0.1, -0.05) is 35.3 Å². The molecule has 1 atom stereocenters. The fourth-order valence-electron chi connectivity index (χ4n) is 2.85. The van der Waals surface area contributed by atoms with Crippen molar-refractivity contribution in [1.29, 1.82) is 0 Å². The summed E-state index contributed by atoms with van der Waals surface area (Å²) in [7, 11) is 0. The van der Waals surface area contributed by atoms with Crippen LogP contribution in [0.2, 0.25) is 10.0 Å². The monoisotopic (exact) mass is 335 g/mol. The molecule has 5 heteroatoms. The summed E-state index contributed by atoms with van der Waals surface area (Å²) < 4.78 is 0. The van der Waals surface area contributed by atoms with Crippen molar-refractivity contribution in [1.82, 2.24) is 15.2 Å². The van der Waals surface area contributed by atoms with Gasteiger partial charge in [-0.2, -0.15) is 0 Å². The smallest absolute Gasteiger partial charge is 0.0791 e. The Kier molecular flexibility index (Phi) is 4.99. The van der Waals surface area contributed by atoms with Crippen molar-refractivity contribution >= 4 is 23.2 Å². The topological polar surface area (TPSA) is 28.2 Å². The molecule has 0 radical (unpaired) electrons. The molecule has 1 N–H and O–H groups in total. The lowest BCUT2D eigenvalue weighted by Crippen LogP contribution is -2.45. The van der Waals surface area contributed by atoms with Crippen molar-refractivity contribution in [3.05, 3.63) is 63.4 Å². The van der Waals surface area contributed by atoms with Crippen LogP contribution >= 0.6 is 23.2 Å². The molecule has 2 aromatic rings. The van der Waals surface area contributed by atoms with E-state index in [0.29, 0.717) is 10.0 Å². The Morgan fingerprint density at radius 1 is 1.14 bits per heavy atom. The molecule has 0 spiro atoms. The number of nitrogens with one attached hydrogen (secondary N) is 1. The van der Waals surface area contributed by atoms with E-state index in [4.69, 9.17) is 23.2 Å². The molecule has 0 saturated carbocycles. The largest absolute Gasteiger partial charge is 0.314 e. The SMILES string of the molecule is Cc1ccc(C(c2ccc(Cl)cc2Cl)N2CCNCC2)nc1. The molecule has 1 aromatic heterocycles. The first-order valence-electron chi connectivity index (χ1n) is 7.47. The minimum Gasteiger partial charge on any atom is -0.314 e. The molecule has 1 aromatic carbocycles. The van der Waals surface area contributed by atoms with Gasteiger partial charge in [0.15, 0.2) is 0 Å². The molecular weight excluding hydrogens is 317 g/mol. The highest BCUT2D eigenvalue weighted by Crippen LogP contribution is 2.34. The fraction of sp³-hybridized carbons (Fsp3) is 0.353. The molecule has 1 aliphatic rings. The standard InChI is InChI=1S/C17H19Cl2N3/c1-12-2-5-16(21-11-12)17(22-8-6-20-7-9-22)14-4-3-13(18)10-15(14)19/h2-5,10-11,17,20H,6-9H2,1H3. The second-order valence-electron chi connectivity index (χ2n) is 5.61. The number of aryl methyl sites for hydroxylation is 1. The summed E-state index contributed by atoms with van der Waals surface area (Å²) in [4.78, 5) is 7.06. The lowest BCUT2D eigenvalue weighted by Gasteiger charge is -2.35. The van der Waals surface area contributed by atoms with Crippen molar-refractivity contribution in [2.75, 3.05) is 26.2 Å². The maximum atomic E-state index is 6.47. The van der Waals surface area contributed by atoms with Crippen LogP contribution in [0, 0.1) is 6.92 Å². The maximum Gasteiger partial charge on any atom is 0.0791 e. The Morgan fingerprint density at radius 3 is 2.55 bits per heavy atom. The summed E-state index contributed by atoms with van der Waals surface area (Å²) in [5.41, 5.74) is 3.24. The number of hydrogen-bond acceptors (Lipinski definition) is 3. The third-order valence-corrected chi connectivity index (χ3v) is 4.55. The normalized spacial score (nSPS) is 17.4. The molecule has 1 saturated heterocycles. The van der Waals surface area contributed by atoms with Gasteiger partial charge in [-0.05, 0) is 36.2 Å². The van der Waals surface area contributed by atoms with Gasteiger partial charge in [0.1, 0.15) is 0 Å². The highest BCUT2D eigenvalue weighted by molar-refractivity contribution is 6.35. The number of halogens is 2. The molecule has 1 fully saturated rings. The molecule has 2 heterocycles. The van der Waals surface area contributed by atoms with Crippen LogP contribution in [0.1, 0.15) is 22.9 Å². The molecule has 1 unspecified atom stereocenters. The van der Waals surface area contributed by atoms with Crippen LogP contribution in [0.5, 0.6) is 0 Å². The number of nitrogens with zero attached hydrogens (tertiary/aromatic N) is 2. The highest BCUT2D eigenvalue weighted by Gasteiger charge is 2.26. The minimum atomic E-state index is 0.0625. The minimum absolute atomic E-state index is 0.0625.